The molecule has 5 heteroatoms. The van der Waals surface area contributed by atoms with Crippen molar-refractivity contribution in [2.75, 3.05) is 0 Å². The zero-order valence-electron chi connectivity index (χ0n) is 10.1. The number of rotatable bonds is 3. The predicted molar refractivity (Wildman–Crippen MR) is 65.9 cm³/mol. The average Bonchev–Trinajstić information content (AvgIpc) is 2.26. The minimum Gasteiger partial charge on any atom is -0.242 e. The van der Waals surface area contributed by atoms with Gasteiger partial charge in [-0.3, -0.25) is 0 Å². The minimum atomic E-state index is -1.25. The molecule has 0 aliphatic carbocycles. The Morgan fingerprint density at radius 3 is 2.65 bits per heavy atom. The van der Waals surface area contributed by atoms with Crippen LogP contribution in [0.4, 0.5) is 4.39 Å². The Labute approximate surface area is 103 Å². The third kappa shape index (κ3) is 3.62. The predicted octanol–water partition coefficient (Wildman–Crippen LogP) is 2.25. The highest BCUT2D eigenvalue weighted by atomic mass is 32.2. The van der Waals surface area contributed by atoms with Crippen LogP contribution in [0.3, 0.4) is 0 Å². The van der Waals surface area contributed by atoms with Crippen LogP contribution >= 0.6 is 0 Å². The number of nitrogens with one attached hydrogen (secondary N) is 1. The molecule has 0 saturated carbocycles. The highest BCUT2D eigenvalue weighted by molar-refractivity contribution is 7.84. The van der Waals surface area contributed by atoms with Crippen LogP contribution < -0.4 is 4.72 Å². The molecule has 0 saturated heterocycles. The van der Waals surface area contributed by atoms with Gasteiger partial charge in [-0.2, -0.15) is 5.26 Å². The van der Waals surface area contributed by atoms with Gasteiger partial charge in [0.1, 0.15) is 11.9 Å². The van der Waals surface area contributed by atoms with Gasteiger partial charge in [0, 0.05) is 12.1 Å². The summed E-state index contributed by atoms with van der Waals surface area (Å²) in [6, 6.07) is 6.37. The maximum absolute atomic E-state index is 13.7. The first-order valence-electron chi connectivity index (χ1n) is 5.19. The van der Waals surface area contributed by atoms with E-state index in [0.717, 1.165) is 0 Å². The highest BCUT2D eigenvalue weighted by Crippen LogP contribution is 2.14. The fourth-order valence-electron chi connectivity index (χ4n) is 1.16. The highest BCUT2D eigenvalue weighted by Gasteiger charge is 2.19. The molecule has 17 heavy (non-hydrogen) atoms. The summed E-state index contributed by atoms with van der Waals surface area (Å²) >= 11 is 0. The van der Waals surface area contributed by atoms with E-state index in [1.54, 1.807) is 18.2 Å². The van der Waals surface area contributed by atoms with Gasteiger partial charge in [-0.1, -0.05) is 12.1 Å². The smallest absolute Gasteiger partial charge is 0.145 e. The van der Waals surface area contributed by atoms with Gasteiger partial charge in [0.2, 0.25) is 0 Å². The second kappa shape index (κ2) is 5.39. The minimum absolute atomic E-state index is 0.00541. The molecule has 0 heterocycles. The third-order valence-electron chi connectivity index (χ3n) is 2.15. The molecular weight excluding hydrogens is 239 g/mol. The Morgan fingerprint density at radius 1 is 1.47 bits per heavy atom. The zero-order valence-corrected chi connectivity index (χ0v) is 10.9. The quantitative estimate of drug-likeness (QED) is 0.899. The van der Waals surface area contributed by atoms with E-state index in [4.69, 9.17) is 5.26 Å². The molecule has 0 aromatic heterocycles. The van der Waals surface area contributed by atoms with E-state index in [-0.39, 0.29) is 12.1 Å². The van der Waals surface area contributed by atoms with Crippen LogP contribution in [-0.2, 0) is 17.5 Å². The molecule has 1 atom stereocenters. The van der Waals surface area contributed by atoms with Crippen molar-refractivity contribution in [2.24, 2.45) is 0 Å². The molecular formula is C12H15FN2OS. The third-order valence-corrected chi connectivity index (χ3v) is 3.67. The topological polar surface area (TPSA) is 52.9 Å². The van der Waals surface area contributed by atoms with Gasteiger partial charge in [-0.25, -0.2) is 13.3 Å². The lowest BCUT2D eigenvalue weighted by Gasteiger charge is -2.18. The van der Waals surface area contributed by atoms with Crippen molar-refractivity contribution >= 4 is 11.0 Å². The van der Waals surface area contributed by atoms with Crippen LogP contribution in [0.25, 0.3) is 0 Å². The van der Waals surface area contributed by atoms with Crippen LogP contribution in [0, 0.1) is 17.1 Å². The van der Waals surface area contributed by atoms with Crippen molar-refractivity contribution < 1.29 is 8.60 Å². The van der Waals surface area contributed by atoms with Crippen molar-refractivity contribution in [3.05, 3.63) is 35.1 Å². The molecule has 0 aliphatic rings. The average molecular weight is 254 g/mol. The lowest BCUT2D eigenvalue weighted by molar-refractivity contribution is 0.598. The Morgan fingerprint density at radius 2 is 2.12 bits per heavy atom. The molecule has 1 N–H and O–H groups in total. The number of hydrogen-bond donors (Lipinski definition) is 1. The zero-order chi connectivity index (χ0) is 13.1. The molecule has 1 unspecified atom stereocenters. The van der Waals surface area contributed by atoms with Gasteiger partial charge in [-0.05, 0) is 26.8 Å². The molecule has 0 fully saturated rings. The number of hydrogen-bond acceptors (Lipinski definition) is 2. The molecule has 1 aromatic carbocycles. The first kappa shape index (κ1) is 13.8. The van der Waals surface area contributed by atoms with Gasteiger partial charge in [0.05, 0.1) is 21.3 Å². The van der Waals surface area contributed by atoms with E-state index < -0.39 is 21.5 Å². The maximum atomic E-state index is 13.7. The van der Waals surface area contributed by atoms with Gasteiger partial charge in [0.25, 0.3) is 0 Å². The second-order valence-electron chi connectivity index (χ2n) is 4.59. The van der Waals surface area contributed by atoms with Crippen LogP contribution in [-0.4, -0.2) is 8.96 Å². The summed E-state index contributed by atoms with van der Waals surface area (Å²) in [5.74, 6) is -0.548. The molecule has 1 aromatic rings. The van der Waals surface area contributed by atoms with E-state index in [1.165, 1.54) is 6.07 Å². The lowest BCUT2D eigenvalue weighted by atomic mass is 10.1. The second-order valence-corrected chi connectivity index (χ2v) is 6.64. The Kier molecular flexibility index (Phi) is 4.38. The van der Waals surface area contributed by atoms with Gasteiger partial charge in [-0.15, -0.1) is 0 Å². The van der Waals surface area contributed by atoms with Crippen molar-refractivity contribution in [3.8, 4) is 6.07 Å². The molecule has 92 valence electrons. The fourth-order valence-corrected chi connectivity index (χ4v) is 1.88. The van der Waals surface area contributed by atoms with Gasteiger partial charge < -0.3 is 0 Å². The largest absolute Gasteiger partial charge is 0.242 e. The van der Waals surface area contributed by atoms with Crippen LogP contribution in [0.15, 0.2) is 18.2 Å². The SMILES string of the molecule is CC(C)(C)S(=O)NCc1cccc(C#N)c1F. The molecule has 0 aliphatic heterocycles. The van der Waals surface area contributed by atoms with Crippen LogP contribution in [0.1, 0.15) is 31.9 Å². The lowest BCUT2D eigenvalue weighted by Crippen LogP contribution is -2.33. The molecule has 0 amide bonds. The van der Waals surface area contributed by atoms with Crippen molar-refractivity contribution in [1.29, 1.82) is 5.26 Å². The Hall–Kier alpha value is -1.25. The molecule has 0 radical (unpaired) electrons. The number of nitriles is 1. The van der Waals surface area contributed by atoms with Gasteiger partial charge in [0.15, 0.2) is 0 Å². The van der Waals surface area contributed by atoms with Crippen molar-refractivity contribution in [2.45, 2.75) is 32.1 Å². The molecule has 0 bridgehead atoms. The van der Waals surface area contributed by atoms with Crippen molar-refractivity contribution in [1.82, 2.24) is 4.72 Å². The Balaban J connectivity index is 2.78. The van der Waals surface area contributed by atoms with E-state index in [0.29, 0.717) is 5.56 Å². The monoisotopic (exact) mass is 254 g/mol. The normalized spacial score (nSPS) is 13.1. The van der Waals surface area contributed by atoms with E-state index in [9.17, 15) is 8.60 Å². The number of benzene rings is 1. The maximum Gasteiger partial charge on any atom is 0.145 e. The molecule has 1 rings (SSSR count). The van der Waals surface area contributed by atoms with E-state index in [2.05, 4.69) is 4.72 Å². The molecule has 3 nitrogen and oxygen atoms in total. The fraction of sp³-hybridized carbons (Fsp3) is 0.417. The summed E-state index contributed by atoms with van der Waals surface area (Å²) in [5, 5.41) is 8.68. The van der Waals surface area contributed by atoms with E-state index in [1.807, 2.05) is 20.8 Å². The number of halogens is 1. The van der Waals surface area contributed by atoms with Crippen LogP contribution in [0.5, 0.6) is 0 Å². The van der Waals surface area contributed by atoms with Crippen LogP contribution in [0.2, 0.25) is 0 Å². The summed E-state index contributed by atoms with van der Waals surface area (Å²) in [6.45, 7) is 5.64. The number of nitrogens with zero attached hydrogens (tertiary/aromatic N) is 1. The Bertz CT molecular complexity index is 474. The standard InChI is InChI=1S/C12H15FN2OS/c1-12(2,3)17(16)15-8-10-6-4-5-9(7-14)11(10)13/h4-6,15H,8H2,1-3H3. The van der Waals surface area contributed by atoms with Crippen molar-refractivity contribution in [3.63, 3.8) is 0 Å². The first-order valence-corrected chi connectivity index (χ1v) is 6.34. The van der Waals surface area contributed by atoms with Gasteiger partial charge >= 0.3 is 0 Å². The molecule has 0 spiro atoms. The first-order chi connectivity index (χ1) is 7.86. The summed E-state index contributed by atoms with van der Waals surface area (Å²) in [7, 11) is -1.25. The summed E-state index contributed by atoms with van der Waals surface area (Å²) in [4.78, 5) is 0. The summed E-state index contributed by atoms with van der Waals surface area (Å²) in [5.41, 5.74) is 0.354. The summed E-state index contributed by atoms with van der Waals surface area (Å²) in [6.07, 6.45) is 0. The summed E-state index contributed by atoms with van der Waals surface area (Å²) < 4.78 is 27.7. The van der Waals surface area contributed by atoms with E-state index >= 15 is 0 Å².